The standard InChI is InChI=1S/C20H17Cl2F5N4O4S/c1-34-18(32)20(4-5-20)15-14(8-28)30-31(17(15)29-19(33)35-9-10-2-3-10)16-12(21)6-11(7-13(16)22)36(23,24,25,26)27/h6-7,10H,2-5,9H2,1H3,(H,29,33). The third-order valence-corrected chi connectivity index (χ3v) is 7.51. The SMILES string of the molecule is COC(=O)C1(c2c(C#N)nn(-c3c(Cl)cc(S(F)(F)(F)(F)F)cc3Cl)c2NC(=O)OCC2CC2)CC1. The molecule has 2 aliphatic carbocycles. The second-order valence-corrected chi connectivity index (χ2v) is 11.8. The summed E-state index contributed by atoms with van der Waals surface area (Å²) in [6, 6.07) is 1.70. The number of carbonyl (C=O) groups excluding carboxylic acids is 2. The summed E-state index contributed by atoms with van der Waals surface area (Å²) in [6.07, 6.45) is 1.13. The lowest BCUT2D eigenvalue weighted by Gasteiger charge is -2.40. The second-order valence-electron chi connectivity index (χ2n) is 8.54. The smallest absolute Gasteiger partial charge is 0.412 e. The van der Waals surface area contributed by atoms with Crippen molar-refractivity contribution in [2.45, 2.75) is 36.0 Å². The van der Waals surface area contributed by atoms with Crippen molar-refractivity contribution in [3.05, 3.63) is 33.4 Å². The van der Waals surface area contributed by atoms with Crippen LogP contribution in [-0.2, 0) is 19.7 Å². The monoisotopic (exact) mass is 574 g/mol. The first-order valence-corrected chi connectivity index (χ1v) is 13.0. The number of nitriles is 1. The molecule has 1 aromatic heterocycles. The van der Waals surface area contributed by atoms with E-state index in [0.29, 0.717) is 0 Å². The summed E-state index contributed by atoms with van der Waals surface area (Å²) in [4.78, 5) is 22.7. The van der Waals surface area contributed by atoms with Crippen LogP contribution in [0.2, 0.25) is 10.0 Å². The van der Waals surface area contributed by atoms with Gasteiger partial charge in [0, 0.05) is 0 Å². The van der Waals surface area contributed by atoms with Crippen molar-refractivity contribution in [1.29, 1.82) is 5.26 Å². The molecule has 36 heavy (non-hydrogen) atoms. The molecule has 0 saturated heterocycles. The first kappa shape index (κ1) is 26.3. The quantitative estimate of drug-likeness (QED) is 0.285. The zero-order valence-electron chi connectivity index (χ0n) is 18.3. The number of ether oxygens (including phenoxy) is 2. The highest BCUT2D eigenvalue weighted by Gasteiger charge is 2.66. The first-order valence-electron chi connectivity index (χ1n) is 10.3. The van der Waals surface area contributed by atoms with Gasteiger partial charge in [0.15, 0.2) is 5.69 Å². The molecule has 0 bridgehead atoms. The zero-order valence-corrected chi connectivity index (χ0v) is 20.6. The number of halogens is 7. The number of esters is 1. The molecule has 1 N–H and O–H groups in total. The number of nitrogens with one attached hydrogen (secondary N) is 1. The van der Waals surface area contributed by atoms with Crippen molar-refractivity contribution in [2.24, 2.45) is 5.92 Å². The average molecular weight is 575 g/mol. The number of hydrogen-bond acceptors (Lipinski definition) is 6. The summed E-state index contributed by atoms with van der Waals surface area (Å²) < 4.78 is 77.5. The minimum atomic E-state index is -10.2. The number of methoxy groups -OCH3 is 1. The molecular weight excluding hydrogens is 558 g/mol. The van der Waals surface area contributed by atoms with Gasteiger partial charge in [-0.15, -0.1) is 0 Å². The van der Waals surface area contributed by atoms with Crippen LogP contribution in [0.25, 0.3) is 5.69 Å². The maximum Gasteiger partial charge on any atom is 0.412 e. The van der Waals surface area contributed by atoms with Gasteiger partial charge in [-0.3, -0.25) is 10.1 Å². The predicted octanol–water partition coefficient (Wildman–Crippen LogP) is 6.87. The van der Waals surface area contributed by atoms with Gasteiger partial charge in [0.25, 0.3) is 0 Å². The molecule has 2 saturated carbocycles. The van der Waals surface area contributed by atoms with Crippen LogP contribution in [0, 0.1) is 17.2 Å². The minimum absolute atomic E-state index is 0.0277. The van der Waals surface area contributed by atoms with Crippen molar-refractivity contribution in [3.8, 4) is 11.8 Å². The molecule has 0 atom stereocenters. The van der Waals surface area contributed by atoms with Crippen LogP contribution in [-0.4, -0.2) is 35.6 Å². The van der Waals surface area contributed by atoms with Crippen LogP contribution in [0.1, 0.15) is 36.9 Å². The molecule has 0 unspecified atom stereocenters. The Morgan fingerprint density at radius 3 is 2.25 bits per heavy atom. The third-order valence-electron chi connectivity index (χ3n) is 5.81. The topological polar surface area (TPSA) is 106 Å². The van der Waals surface area contributed by atoms with E-state index in [1.165, 1.54) is 0 Å². The number of nitrogens with zero attached hydrogens (tertiary/aromatic N) is 3. The molecule has 0 spiro atoms. The molecule has 2 fully saturated rings. The Kier molecular flexibility index (Phi) is 5.75. The third kappa shape index (κ3) is 4.91. The van der Waals surface area contributed by atoms with Gasteiger partial charge < -0.3 is 9.47 Å². The van der Waals surface area contributed by atoms with Gasteiger partial charge in [0.05, 0.1) is 34.7 Å². The molecule has 1 aromatic carbocycles. The summed E-state index contributed by atoms with van der Waals surface area (Å²) in [5.74, 6) is -0.913. The lowest BCUT2D eigenvalue weighted by molar-refractivity contribution is -0.143. The van der Waals surface area contributed by atoms with E-state index in [4.69, 9.17) is 32.7 Å². The molecule has 16 heteroatoms. The van der Waals surface area contributed by atoms with Crippen LogP contribution < -0.4 is 5.32 Å². The highest BCUT2D eigenvalue weighted by atomic mass is 35.5. The Balaban J connectivity index is 1.90. The highest BCUT2D eigenvalue weighted by molar-refractivity contribution is 8.45. The van der Waals surface area contributed by atoms with E-state index in [1.54, 1.807) is 6.07 Å². The normalized spacial score (nSPS) is 18.4. The van der Waals surface area contributed by atoms with E-state index < -0.39 is 48.3 Å². The highest BCUT2D eigenvalue weighted by Crippen LogP contribution is 3.02. The van der Waals surface area contributed by atoms with Crippen LogP contribution in [0.15, 0.2) is 17.0 Å². The number of rotatable bonds is 7. The summed E-state index contributed by atoms with van der Waals surface area (Å²) in [5, 5.41) is 14.2. The van der Waals surface area contributed by atoms with Crippen LogP contribution in [0.3, 0.4) is 0 Å². The summed E-state index contributed by atoms with van der Waals surface area (Å²) in [6.45, 7) is 0.0860. The molecular formula is C20H17Cl2F5N4O4S. The number of hydrogen-bond donors (Lipinski definition) is 1. The average Bonchev–Trinajstić information content (AvgIpc) is 3.69. The largest absolute Gasteiger partial charge is 0.468 e. The van der Waals surface area contributed by atoms with E-state index in [1.807, 2.05) is 0 Å². The molecule has 0 radical (unpaired) electrons. The van der Waals surface area contributed by atoms with Gasteiger partial charge in [-0.25, -0.2) is 9.48 Å². The van der Waals surface area contributed by atoms with Gasteiger partial charge >= 0.3 is 22.3 Å². The van der Waals surface area contributed by atoms with Crippen molar-refractivity contribution < 1.29 is 38.5 Å². The molecule has 196 valence electrons. The fraction of sp³-hybridized carbons (Fsp3) is 0.400. The number of amides is 1. The van der Waals surface area contributed by atoms with Crippen molar-refractivity contribution >= 4 is 51.3 Å². The molecule has 4 rings (SSSR count). The van der Waals surface area contributed by atoms with Gasteiger partial charge in [0.1, 0.15) is 22.5 Å². The van der Waals surface area contributed by atoms with Crippen LogP contribution in [0.4, 0.5) is 30.0 Å². The van der Waals surface area contributed by atoms with E-state index in [-0.39, 0.29) is 54.6 Å². The molecule has 2 aliphatic rings. The maximum atomic E-state index is 13.4. The van der Waals surface area contributed by atoms with Crippen molar-refractivity contribution in [2.75, 3.05) is 19.0 Å². The molecule has 1 amide bonds. The Labute approximate surface area is 210 Å². The molecule has 1 heterocycles. The van der Waals surface area contributed by atoms with Gasteiger partial charge in [-0.1, -0.05) is 42.6 Å². The minimum Gasteiger partial charge on any atom is -0.468 e. The Morgan fingerprint density at radius 2 is 1.81 bits per heavy atom. The Morgan fingerprint density at radius 1 is 1.22 bits per heavy atom. The van der Waals surface area contributed by atoms with Crippen LogP contribution in [0.5, 0.6) is 0 Å². The number of aromatic nitrogens is 2. The Hall–Kier alpha value is -2.76. The fourth-order valence-corrected chi connectivity index (χ4v) is 5.14. The first-order chi connectivity index (χ1) is 16.5. The van der Waals surface area contributed by atoms with E-state index in [2.05, 4.69) is 10.4 Å². The maximum absolute atomic E-state index is 13.4. The Bertz CT molecular complexity index is 1310. The van der Waals surface area contributed by atoms with E-state index in [0.717, 1.165) is 24.6 Å². The lowest BCUT2D eigenvalue weighted by atomic mass is 9.95. The van der Waals surface area contributed by atoms with E-state index >= 15 is 0 Å². The molecule has 2 aromatic rings. The summed E-state index contributed by atoms with van der Waals surface area (Å²) >= 11 is 11.9. The van der Waals surface area contributed by atoms with Gasteiger partial charge in [-0.05, 0) is 43.7 Å². The summed E-state index contributed by atoms with van der Waals surface area (Å²) in [5.41, 5.74) is -2.41. The lowest BCUT2D eigenvalue weighted by Crippen LogP contribution is -2.26. The summed E-state index contributed by atoms with van der Waals surface area (Å²) in [7, 11) is -9.04. The zero-order chi connectivity index (χ0) is 26.7. The van der Waals surface area contributed by atoms with Gasteiger partial charge in [-0.2, -0.15) is 10.4 Å². The van der Waals surface area contributed by atoms with Crippen LogP contribution >= 0.6 is 33.4 Å². The predicted molar refractivity (Wildman–Crippen MR) is 120 cm³/mol. The fourth-order valence-electron chi connectivity index (χ4n) is 3.68. The second kappa shape index (κ2) is 7.87. The number of benzene rings is 1. The van der Waals surface area contributed by atoms with Crippen molar-refractivity contribution in [3.63, 3.8) is 0 Å². The number of anilines is 1. The van der Waals surface area contributed by atoms with Crippen molar-refractivity contribution in [1.82, 2.24) is 9.78 Å². The molecule has 8 nitrogen and oxygen atoms in total. The number of carbonyl (C=O) groups is 2. The molecule has 0 aliphatic heterocycles. The van der Waals surface area contributed by atoms with Gasteiger partial charge in [0.2, 0.25) is 0 Å². The van der Waals surface area contributed by atoms with E-state index in [9.17, 15) is 34.3 Å².